The van der Waals surface area contributed by atoms with E-state index in [4.69, 9.17) is 19.4 Å². The summed E-state index contributed by atoms with van der Waals surface area (Å²) in [5.41, 5.74) is 0.298. The molecule has 1 aromatic carbocycles. The van der Waals surface area contributed by atoms with E-state index < -0.39 is 85.2 Å². The Morgan fingerprint density at radius 3 is 2.30 bits per heavy atom. The summed E-state index contributed by atoms with van der Waals surface area (Å²) in [7, 11) is -4.03. The number of ether oxygens (including phenoxy) is 2. The van der Waals surface area contributed by atoms with E-state index >= 15 is 0 Å². The predicted molar refractivity (Wildman–Crippen MR) is 243 cm³/mol. The van der Waals surface area contributed by atoms with Crippen molar-refractivity contribution < 1.29 is 37.1 Å². The molecule has 7 rings (SSSR count). The second kappa shape index (κ2) is 16.8. The van der Waals surface area contributed by atoms with Crippen LogP contribution < -0.4 is 20.1 Å². The zero-order chi connectivity index (χ0) is 46.0. The molecule has 3 saturated carbocycles. The third-order valence-corrected chi connectivity index (χ3v) is 16.3. The number of carbonyl (C=O) groups is 4. The molecule has 4 fully saturated rings. The number of rotatable bonds is 13. The maximum Gasteiger partial charge on any atom is 0.408 e. The number of imidazole rings is 1. The highest BCUT2D eigenvalue weighted by molar-refractivity contribution is 7.91. The van der Waals surface area contributed by atoms with Crippen LogP contribution in [0.1, 0.15) is 138 Å². The van der Waals surface area contributed by atoms with Crippen LogP contribution in [-0.2, 0) is 29.1 Å². The Morgan fingerprint density at radius 1 is 1.03 bits per heavy atom. The molecule has 15 nitrogen and oxygen atoms in total. The summed E-state index contributed by atoms with van der Waals surface area (Å²) in [6.45, 7) is 21.8. The number of likely N-dealkylation sites (tertiary alicyclic amines) is 1. The Balaban J connectivity index is 1.23. The maximum absolute atomic E-state index is 14.9. The fourth-order valence-electron chi connectivity index (χ4n) is 9.04. The highest BCUT2D eigenvalue weighted by Crippen LogP contribution is 2.48. The second-order valence-electron chi connectivity index (χ2n) is 20.7. The molecule has 63 heavy (non-hydrogen) atoms. The number of carbonyl (C=O) groups excluding carboxylic acids is 4. The van der Waals surface area contributed by atoms with Gasteiger partial charge in [-0.25, -0.2) is 18.2 Å². The monoisotopic (exact) mass is 907 g/mol. The van der Waals surface area contributed by atoms with Gasteiger partial charge in [0.15, 0.2) is 0 Å². The van der Waals surface area contributed by atoms with Crippen molar-refractivity contribution in [2.24, 2.45) is 17.3 Å². The molecule has 0 radical (unpaired) electrons. The molecule has 1 saturated heterocycles. The zero-order valence-corrected chi connectivity index (χ0v) is 40.0. The van der Waals surface area contributed by atoms with E-state index in [1.165, 1.54) is 30.2 Å². The molecule has 6 atom stereocenters. The molecular weight excluding hydrogens is 843 g/mol. The van der Waals surface area contributed by atoms with Crippen molar-refractivity contribution in [2.45, 2.75) is 167 Å². The van der Waals surface area contributed by atoms with E-state index in [0.717, 1.165) is 40.1 Å². The van der Waals surface area contributed by atoms with Gasteiger partial charge in [0.05, 0.1) is 22.5 Å². The van der Waals surface area contributed by atoms with Crippen LogP contribution in [-0.4, -0.2) is 92.3 Å². The summed E-state index contributed by atoms with van der Waals surface area (Å²) in [4.78, 5) is 68.5. The molecule has 0 spiro atoms. The number of fused-ring (bicyclic) bond motifs is 1. The first-order chi connectivity index (χ1) is 29.4. The minimum absolute atomic E-state index is 0.0666. The van der Waals surface area contributed by atoms with Gasteiger partial charge < -0.3 is 25.0 Å². The summed E-state index contributed by atoms with van der Waals surface area (Å²) >= 11 is 1.61. The molecule has 1 aliphatic heterocycles. The Kier molecular flexibility index (Phi) is 12.4. The van der Waals surface area contributed by atoms with Crippen molar-refractivity contribution in [1.29, 1.82) is 0 Å². The standard InChI is InChI=1S/C46H65N7O8S2/c1-12-29-23-46(29,40(56)51-63(58,59)45(11)21-22-45)50-37(54)35-27(4)33(24-52(35)39(55)36(43(5,6)7)49-42(57)61-44(8,9)10)60-41-48-34-30(19-16-20-32(34)53(41)26(2)3)38-47-31(25-62-38)28-17-14-13-15-18-28/h12,16,19-20,25-29,33,35-36H,1,13-15,17-18,21-24H2,2-11H3,(H,49,57)(H,50,54)(H,51,56)/t27-,29-,33+,35+,36+,46-/m1/s1. The highest BCUT2D eigenvalue weighted by Gasteiger charge is 2.63. The number of thiazole rings is 1. The van der Waals surface area contributed by atoms with Crippen LogP contribution in [0.5, 0.6) is 6.01 Å². The summed E-state index contributed by atoms with van der Waals surface area (Å²) in [6.07, 6.45) is 6.88. The summed E-state index contributed by atoms with van der Waals surface area (Å²) in [5.74, 6) is -2.84. The fraction of sp³-hybridized carbons (Fsp3) is 0.652. The third-order valence-electron chi connectivity index (χ3n) is 13.2. The lowest BCUT2D eigenvalue weighted by Gasteiger charge is -2.36. The number of aromatic nitrogens is 3. The number of hydrogen-bond donors (Lipinski definition) is 3. The topological polar surface area (TPSA) is 191 Å². The Morgan fingerprint density at radius 2 is 1.71 bits per heavy atom. The normalized spacial score (nSPS) is 25.3. The lowest BCUT2D eigenvalue weighted by molar-refractivity contribution is -0.143. The van der Waals surface area contributed by atoms with Crippen molar-refractivity contribution in [3.05, 3.63) is 41.9 Å². The molecule has 17 heteroatoms. The second-order valence-corrected chi connectivity index (χ2v) is 23.8. The smallest absolute Gasteiger partial charge is 0.408 e. The predicted octanol–water partition coefficient (Wildman–Crippen LogP) is 7.38. The molecule has 0 bridgehead atoms. The quantitative estimate of drug-likeness (QED) is 0.146. The summed E-state index contributed by atoms with van der Waals surface area (Å²) in [5, 5.41) is 8.69. The average molecular weight is 908 g/mol. The molecule has 3 heterocycles. The molecule has 3 aliphatic carbocycles. The van der Waals surface area contributed by atoms with E-state index in [2.05, 4.69) is 27.3 Å². The van der Waals surface area contributed by atoms with Gasteiger partial charge in [0, 0.05) is 34.7 Å². The highest BCUT2D eigenvalue weighted by atomic mass is 32.2. The van der Waals surface area contributed by atoms with Crippen molar-refractivity contribution in [3.63, 3.8) is 0 Å². The van der Waals surface area contributed by atoms with E-state index in [9.17, 15) is 27.6 Å². The van der Waals surface area contributed by atoms with E-state index in [1.807, 2.05) is 36.6 Å². The van der Waals surface area contributed by atoms with E-state index in [1.54, 1.807) is 66.7 Å². The first kappa shape index (κ1) is 46.5. The van der Waals surface area contributed by atoms with Gasteiger partial charge in [-0.1, -0.05) is 59.1 Å². The lowest BCUT2D eigenvalue weighted by atomic mass is 9.85. The first-order valence-corrected chi connectivity index (χ1v) is 24.7. The van der Waals surface area contributed by atoms with Gasteiger partial charge in [-0.05, 0) is 91.2 Å². The number of amides is 4. The Bertz CT molecular complexity index is 2380. The third kappa shape index (κ3) is 9.23. The number of nitrogens with zero attached hydrogens (tertiary/aromatic N) is 4. The van der Waals surface area contributed by atoms with Gasteiger partial charge in [0.2, 0.25) is 21.8 Å². The molecule has 2 aromatic heterocycles. The van der Waals surface area contributed by atoms with Gasteiger partial charge >= 0.3 is 6.09 Å². The van der Waals surface area contributed by atoms with Crippen LogP contribution in [0.15, 0.2) is 36.2 Å². The molecule has 3 N–H and O–H groups in total. The van der Waals surface area contributed by atoms with E-state index in [0.29, 0.717) is 24.8 Å². The lowest BCUT2D eigenvalue weighted by Crippen LogP contribution is -2.61. The molecule has 0 unspecified atom stereocenters. The summed E-state index contributed by atoms with van der Waals surface area (Å²) < 4.78 is 42.0. The number of alkyl carbamates (subject to hydrolysis) is 1. The fourth-order valence-corrected chi connectivity index (χ4v) is 11.3. The van der Waals surface area contributed by atoms with Crippen LogP contribution >= 0.6 is 11.3 Å². The largest absolute Gasteiger partial charge is 0.459 e. The number of hydrogen-bond acceptors (Lipinski definition) is 11. The van der Waals surface area contributed by atoms with Gasteiger partial charge in [0.25, 0.3) is 11.9 Å². The van der Waals surface area contributed by atoms with Gasteiger partial charge in [-0.3, -0.25) is 23.7 Å². The Hall–Kier alpha value is -4.51. The molecule has 344 valence electrons. The first-order valence-electron chi connectivity index (χ1n) is 22.3. The number of nitrogens with one attached hydrogen (secondary N) is 3. The van der Waals surface area contributed by atoms with Crippen LogP contribution in [0.25, 0.3) is 21.6 Å². The minimum Gasteiger partial charge on any atom is -0.459 e. The van der Waals surface area contributed by atoms with E-state index in [-0.39, 0.29) is 19.0 Å². The van der Waals surface area contributed by atoms with Gasteiger partial charge in [0.1, 0.15) is 39.9 Å². The average Bonchev–Trinajstić information content (AvgIpc) is 3.93. The SMILES string of the molecule is C=C[C@@H]1C[C@]1(NC(=O)[C@@H]1[C@H](C)[C@@H](Oc2nc3c(-c4nc(C5CCCCC5)cs4)cccc3n2C(C)C)CN1C(=O)[C@H](NC(=O)OC(C)(C)C)C(C)(C)C)C(=O)NS(=O)(=O)C1(C)CC1. The van der Waals surface area contributed by atoms with Crippen LogP contribution in [0.3, 0.4) is 0 Å². The summed E-state index contributed by atoms with van der Waals surface area (Å²) in [6, 6.07) is 3.87. The molecule has 4 aliphatic rings. The minimum atomic E-state index is -4.03. The molecular formula is C46H65N7O8S2. The van der Waals surface area contributed by atoms with Crippen molar-refractivity contribution in [1.82, 2.24) is 34.8 Å². The zero-order valence-electron chi connectivity index (χ0n) is 38.4. The van der Waals surface area contributed by atoms with Gasteiger partial charge in [-0.2, -0.15) is 4.98 Å². The van der Waals surface area contributed by atoms with Crippen molar-refractivity contribution >= 4 is 56.2 Å². The molecule has 3 aromatic rings. The number of para-hydroxylation sites is 1. The van der Waals surface area contributed by atoms with Crippen molar-refractivity contribution in [2.75, 3.05) is 6.54 Å². The Labute approximate surface area is 375 Å². The number of benzene rings is 1. The maximum atomic E-state index is 14.9. The van der Waals surface area contributed by atoms with Crippen LogP contribution in [0, 0.1) is 17.3 Å². The van der Waals surface area contributed by atoms with Gasteiger partial charge in [-0.15, -0.1) is 17.9 Å². The van der Waals surface area contributed by atoms with Crippen LogP contribution in [0.2, 0.25) is 0 Å². The van der Waals surface area contributed by atoms with Crippen LogP contribution in [0.4, 0.5) is 4.79 Å². The van der Waals surface area contributed by atoms with Crippen molar-refractivity contribution in [3.8, 4) is 16.6 Å². The molecule has 4 amide bonds. The number of sulfonamides is 1.